The van der Waals surface area contributed by atoms with E-state index < -0.39 is 0 Å². The monoisotopic (exact) mass is 407 g/mol. The highest BCUT2D eigenvalue weighted by Gasteiger charge is 2.16. The number of hydrogen-bond donors (Lipinski definition) is 1. The molecule has 0 aliphatic rings. The quantitative estimate of drug-likeness (QED) is 0.549. The minimum absolute atomic E-state index is 0.253. The smallest absolute Gasteiger partial charge is 0.255 e. The Labute approximate surface area is 174 Å². The zero-order valence-electron chi connectivity index (χ0n) is 16.2. The van der Waals surface area contributed by atoms with Crippen LogP contribution in [0.1, 0.15) is 15.9 Å². The van der Waals surface area contributed by atoms with Gasteiger partial charge in [-0.3, -0.25) is 4.79 Å². The van der Waals surface area contributed by atoms with Gasteiger partial charge < -0.3 is 14.8 Å². The van der Waals surface area contributed by atoms with E-state index in [9.17, 15) is 4.79 Å². The van der Waals surface area contributed by atoms with Crippen molar-refractivity contribution in [2.45, 2.75) is 16.5 Å². The Hall–Kier alpha value is -3.32. The van der Waals surface area contributed by atoms with Crippen LogP contribution in [-0.2, 0) is 6.42 Å². The van der Waals surface area contributed by atoms with Gasteiger partial charge in [-0.2, -0.15) is 0 Å². The summed E-state index contributed by atoms with van der Waals surface area (Å²) in [5.41, 5.74) is 1.94. The summed E-state index contributed by atoms with van der Waals surface area (Å²) in [4.78, 5) is 21.4. The predicted octanol–water partition coefficient (Wildman–Crippen LogP) is 4.63. The van der Waals surface area contributed by atoms with Crippen molar-refractivity contribution in [1.29, 1.82) is 0 Å². The average molecular weight is 407 g/mol. The average Bonchev–Trinajstić information content (AvgIpc) is 2.74. The molecule has 2 aromatic heterocycles. The Morgan fingerprint density at radius 2 is 1.93 bits per heavy atom. The molecule has 0 atom stereocenters. The normalized spacial score (nSPS) is 10.3. The molecule has 29 heavy (non-hydrogen) atoms. The Balaban J connectivity index is 1.82. The fourth-order valence-corrected chi connectivity index (χ4v) is 3.52. The van der Waals surface area contributed by atoms with Gasteiger partial charge in [0.1, 0.15) is 10.1 Å². The number of pyridine rings is 2. The van der Waals surface area contributed by atoms with E-state index in [1.165, 1.54) is 11.8 Å². The largest absolute Gasteiger partial charge is 0.493 e. The van der Waals surface area contributed by atoms with Crippen molar-refractivity contribution in [3.63, 3.8) is 0 Å². The molecule has 0 aliphatic carbocycles. The number of nitrogens with one attached hydrogen (secondary N) is 1. The fourth-order valence-electron chi connectivity index (χ4n) is 2.74. The molecule has 0 aliphatic heterocycles. The van der Waals surface area contributed by atoms with Gasteiger partial charge in [0.25, 0.3) is 5.91 Å². The molecule has 148 valence electrons. The second-order valence-corrected chi connectivity index (χ2v) is 7.01. The number of carbonyl (C=O) groups excluding carboxylic acids is 1. The molecular weight excluding hydrogens is 386 g/mol. The molecule has 0 fully saturated rings. The first-order chi connectivity index (χ1) is 14.1. The molecule has 3 aromatic rings. The van der Waals surface area contributed by atoms with E-state index in [0.717, 1.165) is 15.6 Å². The van der Waals surface area contributed by atoms with Crippen LogP contribution >= 0.6 is 11.8 Å². The highest BCUT2D eigenvalue weighted by atomic mass is 32.2. The Bertz CT molecular complexity index is 1010. The third kappa shape index (κ3) is 5.14. The van der Waals surface area contributed by atoms with Crippen molar-refractivity contribution < 1.29 is 14.3 Å². The SMILES string of the molecule is C=CCc1cc(C(=O)Nc2ccnc(Sc3ccccn3)c2)cc(OC)c1OC. The maximum Gasteiger partial charge on any atom is 0.255 e. The molecule has 1 amide bonds. The maximum absolute atomic E-state index is 12.8. The van der Waals surface area contributed by atoms with Crippen molar-refractivity contribution in [3.8, 4) is 11.5 Å². The van der Waals surface area contributed by atoms with Gasteiger partial charge in [0, 0.05) is 29.2 Å². The van der Waals surface area contributed by atoms with Gasteiger partial charge >= 0.3 is 0 Å². The van der Waals surface area contributed by atoms with Crippen LogP contribution in [0.15, 0.2) is 77.6 Å². The molecule has 1 aromatic carbocycles. The molecule has 6 nitrogen and oxygen atoms in total. The topological polar surface area (TPSA) is 73.3 Å². The molecule has 0 unspecified atom stereocenters. The van der Waals surface area contributed by atoms with Gasteiger partial charge in [-0.05, 0) is 42.8 Å². The van der Waals surface area contributed by atoms with Gasteiger partial charge in [-0.15, -0.1) is 6.58 Å². The first-order valence-corrected chi connectivity index (χ1v) is 9.68. The zero-order chi connectivity index (χ0) is 20.6. The maximum atomic E-state index is 12.8. The van der Waals surface area contributed by atoms with Crippen molar-refractivity contribution in [3.05, 3.63) is 78.6 Å². The van der Waals surface area contributed by atoms with Crippen molar-refractivity contribution in [2.24, 2.45) is 0 Å². The van der Waals surface area contributed by atoms with Crippen LogP contribution in [0, 0.1) is 0 Å². The molecule has 1 N–H and O–H groups in total. The second-order valence-electron chi connectivity index (χ2n) is 5.97. The number of carbonyl (C=O) groups is 1. The molecule has 0 radical (unpaired) electrons. The van der Waals surface area contributed by atoms with E-state index in [1.54, 1.807) is 50.9 Å². The Kier molecular flexibility index (Phi) is 6.86. The highest BCUT2D eigenvalue weighted by Crippen LogP contribution is 2.33. The number of amides is 1. The lowest BCUT2D eigenvalue weighted by Gasteiger charge is -2.14. The number of hydrogen-bond acceptors (Lipinski definition) is 6. The van der Waals surface area contributed by atoms with E-state index in [1.807, 2.05) is 24.3 Å². The molecule has 0 saturated carbocycles. The first kappa shape index (κ1) is 20.4. The second kappa shape index (κ2) is 9.75. The molecule has 2 heterocycles. The van der Waals surface area contributed by atoms with Crippen LogP contribution in [0.5, 0.6) is 11.5 Å². The molecule has 7 heteroatoms. The van der Waals surface area contributed by atoms with Crippen molar-refractivity contribution in [2.75, 3.05) is 19.5 Å². The third-order valence-electron chi connectivity index (χ3n) is 4.02. The van der Waals surface area contributed by atoms with Crippen molar-refractivity contribution in [1.82, 2.24) is 9.97 Å². The van der Waals surface area contributed by atoms with Gasteiger partial charge in [0.2, 0.25) is 0 Å². The summed E-state index contributed by atoms with van der Waals surface area (Å²) in [6, 6.07) is 12.7. The van der Waals surface area contributed by atoms with E-state index in [-0.39, 0.29) is 5.91 Å². The lowest BCUT2D eigenvalue weighted by Crippen LogP contribution is -2.13. The minimum Gasteiger partial charge on any atom is -0.493 e. The van der Waals surface area contributed by atoms with Crippen LogP contribution < -0.4 is 14.8 Å². The summed E-state index contributed by atoms with van der Waals surface area (Å²) in [6.45, 7) is 3.76. The molecule has 0 spiro atoms. The van der Waals surface area contributed by atoms with Crippen molar-refractivity contribution >= 4 is 23.4 Å². The number of methoxy groups -OCH3 is 2. The number of ether oxygens (including phenoxy) is 2. The van der Waals surface area contributed by atoms with Gasteiger partial charge in [0.15, 0.2) is 11.5 Å². The van der Waals surface area contributed by atoms with Crippen LogP contribution in [0.4, 0.5) is 5.69 Å². The van der Waals surface area contributed by atoms with Crippen LogP contribution in [0.3, 0.4) is 0 Å². The standard InChI is InChI=1S/C22H21N3O3S/c1-4-7-15-12-16(13-18(27-2)21(15)28-3)22(26)25-17-9-11-24-20(14-17)29-19-8-5-6-10-23-19/h4-6,8-14H,1,7H2,2-3H3,(H,24,25,26). The van der Waals surface area contributed by atoms with Gasteiger partial charge in [-0.1, -0.05) is 23.9 Å². The van der Waals surface area contributed by atoms with Crippen LogP contribution in [-0.4, -0.2) is 30.1 Å². The number of anilines is 1. The summed E-state index contributed by atoms with van der Waals surface area (Å²) in [6.07, 6.45) is 5.69. The zero-order valence-corrected chi connectivity index (χ0v) is 17.0. The molecule has 3 rings (SSSR count). The number of nitrogens with zero attached hydrogens (tertiary/aromatic N) is 2. The van der Waals surface area contributed by atoms with E-state index in [0.29, 0.717) is 29.2 Å². The predicted molar refractivity (Wildman–Crippen MR) is 114 cm³/mol. The number of aromatic nitrogens is 2. The van der Waals surface area contributed by atoms with E-state index >= 15 is 0 Å². The molecular formula is C22H21N3O3S. The minimum atomic E-state index is -0.253. The summed E-state index contributed by atoms with van der Waals surface area (Å²) >= 11 is 1.42. The summed E-state index contributed by atoms with van der Waals surface area (Å²) < 4.78 is 10.8. The molecule has 0 saturated heterocycles. The lowest BCUT2D eigenvalue weighted by atomic mass is 10.0. The number of rotatable bonds is 8. The Morgan fingerprint density at radius 1 is 1.10 bits per heavy atom. The number of benzene rings is 1. The van der Waals surface area contributed by atoms with E-state index in [2.05, 4.69) is 21.9 Å². The lowest BCUT2D eigenvalue weighted by molar-refractivity contribution is 0.102. The molecule has 0 bridgehead atoms. The third-order valence-corrected chi connectivity index (χ3v) is 4.90. The van der Waals surface area contributed by atoms with Crippen LogP contribution in [0.2, 0.25) is 0 Å². The van der Waals surface area contributed by atoms with Gasteiger partial charge in [-0.25, -0.2) is 9.97 Å². The highest BCUT2D eigenvalue weighted by molar-refractivity contribution is 7.99. The van der Waals surface area contributed by atoms with E-state index in [4.69, 9.17) is 9.47 Å². The fraction of sp³-hybridized carbons (Fsp3) is 0.136. The first-order valence-electron chi connectivity index (χ1n) is 8.86. The summed E-state index contributed by atoms with van der Waals surface area (Å²) in [5, 5.41) is 4.48. The summed E-state index contributed by atoms with van der Waals surface area (Å²) in [7, 11) is 3.11. The number of allylic oxidation sites excluding steroid dienone is 1. The van der Waals surface area contributed by atoms with Gasteiger partial charge in [0.05, 0.1) is 14.2 Å². The summed E-state index contributed by atoms with van der Waals surface area (Å²) in [5.74, 6) is 0.844. The Morgan fingerprint density at radius 3 is 2.62 bits per heavy atom. The van der Waals surface area contributed by atoms with Crippen LogP contribution in [0.25, 0.3) is 0 Å².